The van der Waals surface area contributed by atoms with Crippen LogP contribution in [-0.2, 0) is 17.8 Å². The molecule has 0 saturated carbocycles. The van der Waals surface area contributed by atoms with Gasteiger partial charge in [-0.15, -0.1) is 0 Å². The van der Waals surface area contributed by atoms with Crippen molar-refractivity contribution in [2.75, 3.05) is 13.1 Å². The third-order valence-corrected chi connectivity index (χ3v) is 5.11. The Morgan fingerprint density at radius 3 is 3.09 bits per heavy atom. The Labute approximate surface area is 140 Å². The first-order valence-electron chi connectivity index (χ1n) is 8.06. The van der Waals surface area contributed by atoms with Crippen LogP contribution in [0, 0.1) is 13.8 Å². The first kappa shape index (κ1) is 16.2. The number of nitrogens with zero attached hydrogens (tertiary/aromatic N) is 2. The van der Waals surface area contributed by atoms with Crippen LogP contribution in [0.5, 0.6) is 0 Å². The zero-order chi connectivity index (χ0) is 16.2. The van der Waals surface area contributed by atoms with E-state index in [1.807, 2.05) is 30.7 Å². The van der Waals surface area contributed by atoms with Gasteiger partial charge in [0.2, 0.25) is 5.91 Å². The number of carbonyl (C=O) groups excluding carboxylic acids is 1. The van der Waals surface area contributed by atoms with E-state index in [0.29, 0.717) is 6.42 Å². The average Bonchev–Trinajstić information content (AvgIpc) is 3.13. The second kappa shape index (κ2) is 7.27. The number of thiophene rings is 1. The molecule has 3 rings (SSSR count). The third-order valence-electron chi connectivity index (χ3n) is 4.38. The minimum atomic E-state index is 0.118. The fraction of sp³-hybridized carbons (Fsp3) is 0.529. The maximum Gasteiger partial charge on any atom is 0.224 e. The second-order valence-corrected chi connectivity index (χ2v) is 7.03. The maximum absolute atomic E-state index is 12.2. The normalized spacial score (nSPS) is 19.0. The Balaban J connectivity index is 1.53. The number of aromatic nitrogens is 1. The molecule has 23 heavy (non-hydrogen) atoms. The molecule has 124 valence electrons. The number of hydrogen-bond acceptors (Lipinski definition) is 5. The van der Waals surface area contributed by atoms with Gasteiger partial charge in [0.25, 0.3) is 0 Å². The predicted molar refractivity (Wildman–Crippen MR) is 90.4 cm³/mol. The summed E-state index contributed by atoms with van der Waals surface area (Å²) in [5, 5.41) is 11.2. The largest absolute Gasteiger partial charge is 0.361 e. The molecule has 0 aromatic carbocycles. The van der Waals surface area contributed by atoms with Crippen molar-refractivity contribution in [1.29, 1.82) is 0 Å². The summed E-state index contributed by atoms with van der Waals surface area (Å²) in [4.78, 5) is 14.5. The van der Waals surface area contributed by atoms with Gasteiger partial charge in [0.05, 0.1) is 12.1 Å². The van der Waals surface area contributed by atoms with Crippen LogP contribution in [-0.4, -0.2) is 35.1 Å². The van der Waals surface area contributed by atoms with Crippen molar-refractivity contribution >= 4 is 17.2 Å². The predicted octanol–water partition coefficient (Wildman–Crippen LogP) is 2.68. The van der Waals surface area contributed by atoms with E-state index in [1.54, 1.807) is 11.3 Å². The molecule has 1 unspecified atom stereocenters. The average molecular weight is 333 g/mol. The molecule has 1 saturated heterocycles. The first-order chi connectivity index (χ1) is 11.1. The Bertz CT molecular complexity index is 631. The monoisotopic (exact) mass is 333 g/mol. The molecule has 1 N–H and O–H groups in total. The maximum atomic E-state index is 12.2. The lowest BCUT2D eigenvalue weighted by molar-refractivity contribution is -0.121. The SMILES string of the molecule is Cc1noc(C)c1CN1CCCC(NC(=O)Cc2ccsc2)C1. The summed E-state index contributed by atoms with van der Waals surface area (Å²) >= 11 is 1.63. The van der Waals surface area contributed by atoms with Crippen molar-refractivity contribution in [3.63, 3.8) is 0 Å². The Morgan fingerprint density at radius 2 is 2.39 bits per heavy atom. The highest BCUT2D eigenvalue weighted by molar-refractivity contribution is 7.07. The topological polar surface area (TPSA) is 58.4 Å². The van der Waals surface area contributed by atoms with Gasteiger partial charge in [-0.1, -0.05) is 5.16 Å². The van der Waals surface area contributed by atoms with Crippen molar-refractivity contribution in [3.8, 4) is 0 Å². The summed E-state index contributed by atoms with van der Waals surface area (Å²) in [6, 6.07) is 2.24. The zero-order valence-electron chi connectivity index (χ0n) is 13.7. The molecule has 1 aliphatic heterocycles. The van der Waals surface area contributed by atoms with Gasteiger partial charge in [-0.2, -0.15) is 11.3 Å². The van der Waals surface area contributed by atoms with Crippen LogP contribution in [0.4, 0.5) is 0 Å². The summed E-state index contributed by atoms with van der Waals surface area (Å²) in [5.74, 6) is 1.01. The number of piperidine rings is 1. The number of hydrogen-bond donors (Lipinski definition) is 1. The van der Waals surface area contributed by atoms with Gasteiger partial charge in [0.15, 0.2) is 0 Å². The minimum absolute atomic E-state index is 0.118. The summed E-state index contributed by atoms with van der Waals surface area (Å²) < 4.78 is 5.24. The van der Waals surface area contributed by atoms with Gasteiger partial charge in [-0.25, -0.2) is 0 Å². The molecular weight excluding hydrogens is 310 g/mol. The highest BCUT2D eigenvalue weighted by Gasteiger charge is 2.23. The standard InChI is InChI=1S/C17H23N3O2S/c1-12-16(13(2)22-19-12)10-20-6-3-4-15(9-20)18-17(21)8-14-5-7-23-11-14/h5,7,11,15H,3-4,6,8-10H2,1-2H3,(H,18,21). The molecule has 0 bridgehead atoms. The fourth-order valence-electron chi connectivity index (χ4n) is 3.13. The van der Waals surface area contributed by atoms with Gasteiger partial charge in [-0.05, 0) is 55.6 Å². The van der Waals surface area contributed by atoms with E-state index >= 15 is 0 Å². The van der Waals surface area contributed by atoms with E-state index in [9.17, 15) is 4.79 Å². The van der Waals surface area contributed by atoms with Crippen LogP contribution in [0.15, 0.2) is 21.3 Å². The number of likely N-dealkylation sites (tertiary alicyclic amines) is 1. The van der Waals surface area contributed by atoms with E-state index in [-0.39, 0.29) is 11.9 Å². The molecule has 2 aromatic heterocycles. The molecule has 6 heteroatoms. The van der Waals surface area contributed by atoms with Crippen molar-refractivity contribution < 1.29 is 9.32 Å². The molecule has 1 aliphatic rings. The molecule has 2 aromatic rings. The smallest absolute Gasteiger partial charge is 0.224 e. The van der Waals surface area contributed by atoms with E-state index in [4.69, 9.17) is 4.52 Å². The molecule has 1 atom stereocenters. The Hall–Kier alpha value is -1.66. The zero-order valence-corrected chi connectivity index (χ0v) is 14.5. The second-order valence-electron chi connectivity index (χ2n) is 6.25. The van der Waals surface area contributed by atoms with E-state index in [2.05, 4.69) is 15.4 Å². The molecule has 1 amide bonds. The van der Waals surface area contributed by atoms with Gasteiger partial charge >= 0.3 is 0 Å². The van der Waals surface area contributed by atoms with Crippen molar-refractivity contribution in [2.45, 2.75) is 45.7 Å². The summed E-state index contributed by atoms with van der Waals surface area (Å²) in [6.45, 7) is 6.73. The fourth-order valence-corrected chi connectivity index (χ4v) is 3.79. The Morgan fingerprint density at radius 1 is 1.52 bits per heavy atom. The van der Waals surface area contributed by atoms with E-state index < -0.39 is 0 Å². The highest BCUT2D eigenvalue weighted by atomic mass is 32.1. The lowest BCUT2D eigenvalue weighted by atomic mass is 10.0. The van der Waals surface area contributed by atoms with Crippen LogP contribution in [0.3, 0.4) is 0 Å². The van der Waals surface area contributed by atoms with Crippen LogP contribution < -0.4 is 5.32 Å². The molecule has 0 aliphatic carbocycles. The van der Waals surface area contributed by atoms with Crippen molar-refractivity contribution in [2.24, 2.45) is 0 Å². The van der Waals surface area contributed by atoms with E-state index in [1.165, 1.54) is 5.56 Å². The number of amides is 1. The van der Waals surface area contributed by atoms with Crippen molar-refractivity contribution in [1.82, 2.24) is 15.4 Å². The van der Waals surface area contributed by atoms with Crippen molar-refractivity contribution in [3.05, 3.63) is 39.4 Å². The summed E-state index contributed by atoms with van der Waals surface area (Å²) in [5.41, 5.74) is 3.23. The number of nitrogens with one attached hydrogen (secondary N) is 1. The summed E-state index contributed by atoms with van der Waals surface area (Å²) in [6.07, 6.45) is 2.63. The van der Waals surface area contributed by atoms with Gasteiger partial charge in [-0.3, -0.25) is 9.69 Å². The molecular formula is C17H23N3O2S. The molecule has 5 nitrogen and oxygen atoms in total. The third kappa shape index (κ3) is 4.20. The lowest BCUT2D eigenvalue weighted by Gasteiger charge is -2.33. The van der Waals surface area contributed by atoms with Gasteiger partial charge in [0.1, 0.15) is 5.76 Å². The van der Waals surface area contributed by atoms with Crippen LogP contribution >= 0.6 is 11.3 Å². The molecule has 0 radical (unpaired) electrons. The number of rotatable bonds is 5. The van der Waals surface area contributed by atoms with E-state index in [0.717, 1.165) is 49.5 Å². The number of aryl methyl sites for hydroxylation is 2. The quantitative estimate of drug-likeness (QED) is 0.914. The van der Waals surface area contributed by atoms with Crippen LogP contribution in [0.1, 0.15) is 35.4 Å². The summed E-state index contributed by atoms with van der Waals surface area (Å²) in [7, 11) is 0. The van der Waals surface area contributed by atoms with Gasteiger partial charge in [0, 0.05) is 24.7 Å². The van der Waals surface area contributed by atoms with Gasteiger partial charge < -0.3 is 9.84 Å². The first-order valence-corrected chi connectivity index (χ1v) is 9.00. The number of carbonyl (C=O) groups is 1. The van der Waals surface area contributed by atoms with Crippen LogP contribution in [0.2, 0.25) is 0 Å². The van der Waals surface area contributed by atoms with Crippen LogP contribution in [0.25, 0.3) is 0 Å². The minimum Gasteiger partial charge on any atom is -0.361 e. The highest BCUT2D eigenvalue weighted by Crippen LogP contribution is 2.18. The Kier molecular flexibility index (Phi) is 5.13. The lowest BCUT2D eigenvalue weighted by Crippen LogP contribution is -2.47. The molecule has 0 spiro atoms. The molecule has 3 heterocycles. The molecule has 1 fully saturated rings.